The van der Waals surface area contributed by atoms with Gasteiger partial charge in [-0.1, -0.05) is 13.8 Å². The monoisotopic (exact) mass is 251 g/mol. The van der Waals surface area contributed by atoms with Gasteiger partial charge in [0, 0.05) is 12.6 Å². The Bertz CT molecular complexity index is 278. The molecule has 1 N–H and O–H groups in total. The number of nitrogens with zero attached hydrogens (tertiary/aromatic N) is 2. The van der Waals surface area contributed by atoms with Gasteiger partial charge in [-0.15, -0.1) is 0 Å². The molecule has 0 amide bonds. The van der Waals surface area contributed by atoms with Crippen LogP contribution in [0.4, 0.5) is 0 Å². The van der Waals surface area contributed by atoms with Gasteiger partial charge >= 0.3 is 0 Å². The van der Waals surface area contributed by atoms with Gasteiger partial charge < -0.3 is 10.2 Å². The van der Waals surface area contributed by atoms with E-state index < -0.39 is 0 Å². The van der Waals surface area contributed by atoms with E-state index in [0.29, 0.717) is 0 Å². The van der Waals surface area contributed by atoms with Gasteiger partial charge in [0.1, 0.15) is 5.54 Å². The molecule has 1 atom stereocenters. The molecule has 0 bridgehead atoms. The van der Waals surface area contributed by atoms with Crippen molar-refractivity contribution in [3.05, 3.63) is 0 Å². The van der Waals surface area contributed by atoms with Crippen molar-refractivity contribution >= 4 is 0 Å². The average Bonchev–Trinajstić information content (AvgIpc) is 3.16. The summed E-state index contributed by atoms with van der Waals surface area (Å²) < 4.78 is 0. The Balaban J connectivity index is 2.21. The van der Waals surface area contributed by atoms with Gasteiger partial charge in [-0.05, 0) is 58.5 Å². The van der Waals surface area contributed by atoms with Crippen molar-refractivity contribution in [3.63, 3.8) is 0 Å². The minimum absolute atomic E-state index is 0.345. The zero-order valence-electron chi connectivity index (χ0n) is 12.5. The highest BCUT2D eigenvalue weighted by Gasteiger charge is 2.29. The van der Waals surface area contributed by atoms with Crippen LogP contribution in [0.3, 0.4) is 0 Å². The Hall–Kier alpha value is -0.590. The highest BCUT2D eigenvalue weighted by Crippen LogP contribution is 2.28. The summed E-state index contributed by atoms with van der Waals surface area (Å²) in [5, 5.41) is 12.2. The third-order valence-electron chi connectivity index (χ3n) is 3.83. The SMILES string of the molecule is CNC(C)(C#N)CCCCN(CC(C)C)C1CC1. The summed E-state index contributed by atoms with van der Waals surface area (Å²) in [5.74, 6) is 0.757. The van der Waals surface area contributed by atoms with E-state index in [1.54, 1.807) is 0 Å². The van der Waals surface area contributed by atoms with Gasteiger partial charge in [0.2, 0.25) is 0 Å². The van der Waals surface area contributed by atoms with Crippen LogP contribution in [-0.4, -0.2) is 36.6 Å². The molecule has 0 aromatic rings. The lowest BCUT2D eigenvalue weighted by molar-refractivity contribution is 0.227. The number of rotatable bonds is 9. The molecule has 0 aromatic carbocycles. The van der Waals surface area contributed by atoms with Crippen LogP contribution in [0.2, 0.25) is 0 Å². The first-order valence-corrected chi connectivity index (χ1v) is 7.35. The van der Waals surface area contributed by atoms with Gasteiger partial charge in [0.05, 0.1) is 6.07 Å². The maximum atomic E-state index is 9.09. The molecule has 1 aliphatic rings. The lowest BCUT2D eigenvalue weighted by Crippen LogP contribution is -2.38. The molecule has 1 saturated carbocycles. The summed E-state index contributed by atoms with van der Waals surface area (Å²) >= 11 is 0. The quantitative estimate of drug-likeness (QED) is 0.640. The molecule has 0 aliphatic heterocycles. The Kier molecular flexibility index (Phi) is 6.11. The average molecular weight is 251 g/mol. The highest BCUT2D eigenvalue weighted by molar-refractivity contribution is 5.02. The summed E-state index contributed by atoms with van der Waals surface area (Å²) in [4.78, 5) is 2.65. The molecule has 1 unspecified atom stereocenters. The maximum Gasteiger partial charge on any atom is 0.103 e. The maximum absolute atomic E-state index is 9.09. The summed E-state index contributed by atoms with van der Waals surface area (Å²) in [7, 11) is 1.87. The molecule has 18 heavy (non-hydrogen) atoms. The predicted molar refractivity (Wildman–Crippen MR) is 76.4 cm³/mol. The zero-order valence-corrected chi connectivity index (χ0v) is 12.5. The Morgan fingerprint density at radius 3 is 2.50 bits per heavy atom. The van der Waals surface area contributed by atoms with Crippen molar-refractivity contribution in [2.75, 3.05) is 20.1 Å². The van der Waals surface area contributed by atoms with E-state index >= 15 is 0 Å². The molecule has 0 heterocycles. The van der Waals surface area contributed by atoms with Crippen LogP contribution < -0.4 is 5.32 Å². The molecule has 104 valence electrons. The Morgan fingerprint density at radius 2 is 2.06 bits per heavy atom. The number of unbranched alkanes of at least 4 members (excludes halogenated alkanes) is 1. The molecular weight excluding hydrogens is 222 g/mol. The van der Waals surface area contributed by atoms with Crippen LogP contribution in [0, 0.1) is 17.2 Å². The van der Waals surface area contributed by atoms with Crippen LogP contribution >= 0.6 is 0 Å². The first kappa shape index (κ1) is 15.5. The second-order valence-corrected chi connectivity index (χ2v) is 6.27. The fourth-order valence-corrected chi connectivity index (χ4v) is 2.36. The van der Waals surface area contributed by atoms with Gasteiger partial charge in [-0.3, -0.25) is 0 Å². The topological polar surface area (TPSA) is 39.1 Å². The number of hydrogen-bond acceptors (Lipinski definition) is 3. The third-order valence-corrected chi connectivity index (χ3v) is 3.83. The molecule has 0 radical (unpaired) electrons. The minimum atomic E-state index is -0.345. The number of hydrogen-bond donors (Lipinski definition) is 1. The Morgan fingerprint density at radius 1 is 1.39 bits per heavy atom. The van der Waals surface area contributed by atoms with Crippen LogP contribution in [-0.2, 0) is 0 Å². The largest absolute Gasteiger partial charge is 0.303 e. The summed E-state index contributed by atoms with van der Waals surface area (Å²) in [6, 6.07) is 3.22. The van der Waals surface area contributed by atoms with Crippen molar-refractivity contribution in [1.29, 1.82) is 5.26 Å². The van der Waals surface area contributed by atoms with E-state index in [-0.39, 0.29) is 5.54 Å². The molecular formula is C15H29N3. The molecule has 3 heteroatoms. The smallest absolute Gasteiger partial charge is 0.103 e. The molecule has 0 aromatic heterocycles. The first-order chi connectivity index (χ1) is 8.50. The number of nitriles is 1. The molecule has 1 fully saturated rings. The standard InChI is InChI=1S/C15H29N3/c1-13(2)11-18(14-7-8-14)10-6-5-9-15(3,12-16)17-4/h13-14,17H,5-11H2,1-4H3. The second kappa shape index (κ2) is 7.11. The summed E-state index contributed by atoms with van der Waals surface area (Å²) in [5.41, 5.74) is -0.345. The van der Waals surface area contributed by atoms with Crippen LogP contribution in [0.15, 0.2) is 0 Å². The third kappa shape index (κ3) is 5.37. The van der Waals surface area contributed by atoms with E-state index in [9.17, 15) is 0 Å². The number of nitrogens with one attached hydrogen (secondary N) is 1. The van der Waals surface area contributed by atoms with Gasteiger partial charge in [0.15, 0.2) is 0 Å². The summed E-state index contributed by atoms with van der Waals surface area (Å²) in [6.45, 7) is 9.01. The first-order valence-electron chi connectivity index (χ1n) is 7.35. The molecule has 0 spiro atoms. The highest BCUT2D eigenvalue weighted by atomic mass is 15.2. The predicted octanol–water partition coefficient (Wildman–Crippen LogP) is 2.78. The van der Waals surface area contributed by atoms with E-state index in [1.165, 1.54) is 32.4 Å². The lowest BCUT2D eigenvalue weighted by atomic mass is 9.97. The van der Waals surface area contributed by atoms with Crippen molar-refractivity contribution in [2.24, 2.45) is 5.92 Å². The van der Waals surface area contributed by atoms with Crippen LogP contribution in [0.25, 0.3) is 0 Å². The van der Waals surface area contributed by atoms with Gasteiger partial charge in [-0.25, -0.2) is 0 Å². The van der Waals surface area contributed by atoms with Gasteiger partial charge in [-0.2, -0.15) is 5.26 Å². The molecule has 1 rings (SSSR count). The van der Waals surface area contributed by atoms with Crippen LogP contribution in [0.1, 0.15) is 52.9 Å². The molecule has 3 nitrogen and oxygen atoms in total. The normalized spacial score (nSPS) is 18.9. The fourth-order valence-electron chi connectivity index (χ4n) is 2.36. The van der Waals surface area contributed by atoms with E-state index in [0.717, 1.165) is 24.8 Å². The molecule has 0 saturated heterocycles. The molecule has 1 aliphatic carbocycles. The van der Waals surface area contributed by atoms with E-state index in [2.05, 4.69) is 30.1 Å². The van der Waals surface area contributed by atoms with Crippen molar-refractivity contribution in [1.82, 2.24) is 10.2 Å². The van der Waals surface area contributed by atoms with Gasteiger partial charge in [0.25, 0.3) is 0 Å². The fraction of sp³-hybridized carbons (Fsp3) is 0.933. The van der Waals surface area contributed by atoms with E-state index in [4.69, 9.17) is 5.26 Å². The zero-order chi connectivity index (χ0) is 13.6. The van der Waals surface area contributed by atoms with Crippen molar-refractivity contribution < 1.29 is 0 Å². The van der Waals surface area contributed by atoms with Crippen LogP contribution in [0.5, 0.6) is 0 Å². The van der Waals surface area contributed by atoms with E-state index in [1.807, 2.05) is 14.0 Å². The lowest BCUT2D eigenvalue weighted by Gasteiger charge is -2.25. The Labute approximate surface area is 113 Å². The summed E-state index contributed by atoms with van der Waals surface area (Å²) in [6.07, 6.45) is 6.06. The minimum Gasteiger partial charge on any atom is -0.303 e. The van der Waals surface area contributed by atoms with Crippen molar-refractivity contribution in [2.45, 2.75) is 64.5 Å². The second-order valence-electron chi connectivity index (χ2n) is 6.27. The van der Waals surface area contributed by atoms with Crippen molar-refractivity contribution in [3.8, 4) is 6.07 Å².